The lowest BCUT2D eigenvalue weighted by atomic mass is 10.1. The number of rotatable bonds is 4. The van der Waals surface area contributed by atoms with Crippen LogP contribution in [0.3, 0.4) is 0 Å². The third-order valence-electron chi connectivity index (χ3n) is 4.01. The van der Waals surface area contributed by atoms with Gasteiger partial charge in [-0.25, -0.2) is 4.79 Å². The van der Waals surface area contributed by atoms with Gasteiger partial charge in [-0.2, -0.15) is 0 Å². The van der Waals surface area contributed by atoms with Gasteiger partial charge in [0.1, 0.15) is 11.4 Å². The summed E-state index contributed by atoms with van der Waals surface area (Å²) in [7, 11) is 0. The highest BCUT2D eigenvalue weighted by Gasteiger charge is 2.20. The van der Waals surface area contributed by atoms with E-state index in [1.165, 1.54) is 0 Å². The van der Waals surface area contributed by atoms with Gasteiger partial charge in [0.2, 0.25) is 0 Å². The summed E-state index contributed by atoms with van der Waals surface area (Å²) >= 11 is 6.20. The number of nitrogens with zero attached hydrogens (tertiary/aromatic N) is 1. The highest BCUT2D eigenvalue weighted by Crippen LogP contribution is 2.31. The molecule has 0 saturated carbocycles. The first kappa shape index (κ1) is 16.4. The molecule has 0 spiro atoms. The van der Waals surface area contributed by atoms with Crippen LogP contribution in [0.15, 0.2) is 83.4 Å². The predicted octanol–water partition coefficient (Wildman–Crippen LogP) is 5.38. The van der Waals surface area contributed by atoms with Gasteiger partial charge in [-0.1, -0.05) is 65.8 Å². The Morgan fingerprint density at radius 2 is 1.65 bits per heavy atom. The smallest absolute Gasteiger partial charge is 0.334 e. The standard InChI is InChI=1S/C21H14ClNO3/c22-19(14-7-3-1-4-8-14)21(24)25-16-11-12-17-18(13-16)26-23-20(17)15-9-5-2-6-10-15/h1-13,19H. The Balaban J connectivity index is 1.58. The van der Waals surface area contributed by atoms with Crippen molar-refractivity contribution in [2.24, 2.45) is 0 Å². The molecule has 1 heterocycles. The lowest BCUT2D eigenvalue weighted by Gasteiger charge is -2.09. The molecule has 0 amide bonds. The number of carbonyl (C=O) groups excluding carboxylic acids is 1. The molecule has 0 aliphatic heterocycles. The summed E-state index contributed by atoms with van der Waals surface area (Å²) in [5, 5.41) is 4.10. The highest BCUT2D eigenvalue weighted by atomic mass is 35.5. The minimum atomic E-state index is -0.874. The van der Waals surface area contributed by atoms with Gasteiger partial charge in [0.25, 0.3) is 0 Å². The molecular weight excluding hydrogens is 350 g/mol. The van der Waals surface area contributed by atoms with Gasteiger partial charge in [-0.15, -0.1) is 11.6 Å². The van der Waals surface area contributed by atoms with Crippen LogP contribution in [0.5, 0.6) is 5.75 Å². The molecule has 0 N–H and O–H groups in total. The van der Waals surface area contributed by atoms with Gasteiger partial charge in [0.05, 0.1) is 0 Å². The van der Waals surface area contributed by atoms with E-state index in [1.54, 1.807) is 24.3 Å². The zero-order valence-electron chi connectivity index (χ0n) is 13.6. The minimum Gasteiger partial charge on any atom is -0.425 e. The van der Waals surface area contributed by atoms with Gasteiger partial charge < -0.3 is 9.26 Å². The predicted molar refractivity (Wildman–Crippen MR) is 100 cm³/mol. The quantitative estimate of drug-likeness (QED) is 0.277. The molecule has 4 aromatic rings. The number of carbonyl (C=O) groups is 1. The summed E-state index contributed by atoms with van der Waals surface area (Å²) in [4.78, 5) is 12.3. The van der Waals surface area contributed by atoms with Crippen LogP contribution in [0.4, 0.5) is 0 Å². The van der Waals surface area contributed by atoms with Crippen molar-refractivity contribution in [1.29, 1.82) is 0 Å². The van der Waals surface area contributed by atoms with Crippen molar-refractivity contribution in [3.63, 3.8) is 0 Å². The molecule has 1 atom stereocenters. The Morgan fingerprint density at radius 1 is 0.962 bits per heavy atom. The van der Waals surface area contributed by atoms with E-state index in [0.29, 0.717) is 16.9 Å². The second kappa shape index (κ2) is 7.02. The van der Waals surface area contributed by atoms with Crippen LogP contribution in [-0.2, 0) is 4.79 Å². The molecule has 0 aliphatic rings. The largest absolute Gasteiger partial charge is 0.425 e. The van der Waals surface area contributed by atoms with Gasteiger partial charge in [0, 0.05) is 17.0 Å². The molecule has 26 heavy (non-hydrogen) atoms. The fraction of sp³-hybridized carbons (Fsp3) is 0.0476. The first-order chi connectivity index (χ1) is 12.7. The summed E-state index contributed by atoms with van der Waals surface area (Å²) in [6.07, 6.45) is 0. The molecular formula is C21H14ClNO3. The van der Waals surface area contributed by atoms with E-state index in [-0.39, 0.29) is 0 Å². The van der Waals surface area contributed by atoms with E-state index in [0.717, 1.165) is 16.6 Å². The normalized spacial score (nSPS) is 12.0. The molecule has 0 saturated heterocycles. The Morgan fingerprint density at radius 3 is 2.38 bits per heavy atom. The fourth-order valence-corrected chi connectivity index (χ4v) is 2.90. The Bertz CT molecular complexity index is 1040. The molecule has 3 aromatic carbocycles. The Kier molecular flexibility index (Phi) is 4.42. The van der Waals surface area contributed by atoms with Crippen LogP contribution in [0.1, 0.15) is 10.9 Å². The molecule has 1 unspecified atom stereocenters. The van der Waals surface area contributed by atoms with Crippen molar-refractivity contribution < 1.29 is 14.1 Å². The minimum absolute atomic E-state index is 0.361. The van der Waals surface area contributed by atoms with Crippen molar-refractivity contribution in [3.05, 3.63) is 84.4 Å². The van der Waals surface area contributed by atoms with Crippen molar-refractivity contribution in [2.45, 2.75) is 5.38 Å². The van der Waals surface area contributed by atoms with Crippen LogP contribution in [0.2, 0.25) is 0 Å². The topological polar surface area (TPSA) is 52.3 Å². The highest BCUT2D eigenvalue weighted by molar-refractivity contribution is 6.30. The SMILES string of the molecule is O=C(Oc1ccc2c(-c3ccccc3)noc2c1)C(Cl)c1ccccc1. The Hall–Kier alpha value is -3.11. The number of benzene rings is 3. The number of hydrogen-bond donors (Lipinski definition) is 0. The molecule has 4 nitrogen and oxygen atoms in total. The number of ether oxygens (including phenoxy) is 1. The maximum atomic E-state index is 12.3. The summed E-state index contributed by atoms with van der Waals surface area (Å²) in [6.45, 7) is 0. The van der Waals surface area contributed by atoms with Crippen LogP contribution in [-0.4, -0.2) is 11.1 Å². The summed E-state index contributed by atoms with van der Waals surface area (Å²) in [6, 6.07) is 24.0. The average Bonchev–Trinajstić information content (AvgIpc) is 3.12. The van der Waals surface area contributed by atoms with Gasteiger partial charge in [-0.3, -0.25) is 0 Å². The summed E-state index contributed by atoms with van der Waals surface area (Å²) < 4.78 is 10.8. The van der Waals surface area contributed by atoms with E-state index >= 15 is 0 Å². The molecule has 0 fully saturated rings. The van der Waals surface area contributed by atoms with Crippen molar-refractivity contribution >= 4 is 28.5 Å². The maximum absolute atomic E-state index is 12.3. The third-order valence-corrected chi connectivity index (χ3v) is 4.44. The number of esters is 1. The molecule has 4 rings (SSSR count). The summed E-state index contributed by atoms with van der Waals surface area (Å²) in [5.41, 5.74) is 2.94. The number of halogens is 1. The number of fused-ring (bicyclic) bond motifs is 1. The number of alkyl halides is 1. The van der Waals surface area contributed by atoms with E-state index in [9.17, 15) is 4.79 Å². The monoisotopic (exact) mass is 363 g/mol. The van der Waals surface area contributed by atoms with Crippen LogP contribution in [0.25, 0.3) is 22.2 Å². The maximum Gasteiger partial charge on any atom is 0.334 e. The van der Waals surface area contributed by atoms with E-state index < -0.39 is 11.3 Å². The molecule has 0 aliphatic carbocycles. The lowest BCUT2D eigenvalue weighted by Crippen LogP contribution is -2.14. The third kappa shape index (κ3) is 3.19. The second-order valence-corrected chi connectivity index (χ2v) is 6.19. The summed E-state index contributed by atoms with van der Waals surface area (Å²) in [5.74, 6) is -0.181. The zero-order valence-corrected chi connectivity index (χ0v) is 14.4. The van der Waals surface area contributed by atoms with Crippen LogP contribution in [0, 0.1) is 0 Å². The van der Waals surface area contributed by atoms with Gasteiger partial charge >= 0.3 is 5.97 Å². The van der Waals surface area contributed by atoms with Gasteiger partial charge in [0.15, 0.2) is 11.0 Å². The van der Waals surface area contributed by atoms with E-state index in [2.05, 4.69) is 5.16 Å². The first-order valence-electron chi connectivity index (χ1n) is 8.08. The lowest BCUT2D eigenvalue weighted by molar-refractivity contribution is -0.134. The molecule has 1 aromatic heterocycles. The molecule has 0 radical (unpaired) electrons. The first-order valence-corrected chi connectivity index (χ1v) is 8.51. The molecule has 0 bridgehead atoms. The van der Waals surface area contributed by atoms with E-state index in [4.69, 9.17) is 20.9 Å². The zero-order chi connectivity index (χ0) is 17.9. The fourth-order valence-electron chi connectivity index (χ4n) is 2.71. The second-order valence-electron chi connectivity index (χ2n) is 5.75. The van der Waals surface area contributed by atoms with Crippen molar-refractivity contribution in [1.82, 2.24) is 5.16 Å². The molecule has 5 heteroatoms. The van der Waals surface area contributed by atoms with Crippen molar-refractivity contribution in [2.75, 3.05) is 0 Å². The molecule has 128 valence electrons. The number of hydrogen-bond acceptors (Lipinski definition) is 4. The van der Waals surface area contributed by atoms with E-state index in [1.807, 2.05) is 54.6 Å². The van der Waals surface area contributed by atoms with Crippen LogP contribution < -0.4 is 4.74 Å². The van der Waals surface area contributed by atoms with Crippen molar-refractivity contribution in [3.8, 4) is 17.0 Å². The average molecular weight is 364 g/mol. The van der Waals surface area contributed by atoms with Crippen LogP contribution >= 0.6 is 11.6 Å². The number of aromatic nitrogens is 1. The van der Waals surface area contributed by atoms with Gasteiger partial charge in [-0.05, 0) is 17.7 Å². The Labute approximate surface area is 155 Å².